The summed E-state index contributed by atoms with van der Waals surface area (Å²) in [6.45, 7) is 0. The number of aromatic nitrogens is 3. The molecule has 2 rings (SSSR count). The lowest BCUT2D eigenvalue weighted by Crippen LogP contribution is -2.04. The van der Waals surface area contributed by atoms with E-state index in [-0.39, 0.29) is 12.2 Å². The number of anilines is 1. The van der Waals surface area contributed by atoms with Crippen LogP contribution in [0.3, 0.4) is 0 Å². The number of nitrogens with two attached hydrogens (primary N) is 1. The second-order valence-corrected chi connectivity index (χ2v) is 3.70. The fourth-order valence-electron chi connectivity index (χ4n) is 1.09. The van der Waals surface area contributed by atoms with Crippen molar-refractivity contribution in [3.05, 3.63) is 28.3 Å². The minimum atomic E-state index is -0.0637. The molecule has 0 amide bonds. The molecule has 0 aromatic carbocycles. The van der Waals surface area contributed by atoms with Crippen molar-refractivity contribution in [1.29, 1.82) is 0 Å². The predicted octanol–water partition coefficient (Wildman–Crippen LogP) is 0.874. The number of carbonyl (C=O) groups excluding carboxylic acids is 1. The summed E-state index contributed by atoms with van der Waals surface area (Å²) in [7, 11) is 0. The third-order valence-electron chi connectivity index (χ3n) is 1.76. The van der Waals surface area contributed by atoms with E-state index in [2.05, 4.69) is 15.2 Å². The van der Waals surface area contributed by atoms with Crippen LogP contribution in [0.15, 0.2) is 17.8 Å². The maximum Gasteiger partial charge on any atom is 0.174 e. The highest BCUT2D eigenvalue weighted by Crippen LogP contribution is 2.12. The van der Waals surface area contributed by atoms with Crippen LogP contribution in [0.5, 0.6) is 0 Å². The molecule has 5 nitrogen and oxygen atoms in total. The minimum absolute atomic E-state index is 0.0637. The summed E-state index contributed by atoms with van der Waals surface area (Å²) in [5.74, 6) is 0.248. The zero-order chi connectivity index (χ0) is 9.97. The van der Waals surface area contributed by atoms with Crippen molar-refractivity contribution in [2.24, 2.45) is 0 Å². The van der Waals surface area contributed by atoms with Crippen LogP contribution in [0.2, 0.25) is 0 Å². The van der Waals surface area contributed by atoms with E-state index < -0.39 is 0 Å². The Morgan fingerprint density at radius 2 is 2.50 bits per heavy atom. The van der Waals surface area contributed by atoms with Gasteiger partial charge in [-0.1, -0.05) is 0 Å². The van der Waals surface area contributed by atoms with Gasteiger partial charge in [0, 0.05) is 11.6 Å². The molecule has 0 aliphatic rings. The van der Waals surface area contributed by atoms with Gasteiger partial charge in [0.05, 0.1) is 18.2 Å². The molecule has 2 aromatic rings. The Kier molecular flexibility index (Phi) is 2.28. The highest BCUT2D eigenvalue weighted by molar-refractivity contribution is 7.09. The van der Waals surface area contributed by atoms with Crippen molar-refractivity contribution in [2.75, 3.05) is 5.73 Å². The molecule has 2 aromatic heterocycles. The quantitative estimate of drug-likeness (QED) is 0.733. The molecule has 6 heteroatoms. The van der Waals surface area contributed by atoms with Gasteiger partial charge in [-0.3, -0.25) is 9.89 Å². The normalized spacial score (nSPS) is 10.3. The second-order valence-electron chi connectivity index (χ2n) is 2.72. The van der Waals surface area contributed by atoms with E-state index in [0.29, 0.717) is 11.4 Å². The maximum absolute atomic E-state index is 11.6. The molecule has 0 aliphatic heterocycles. The summed E-state index contributed by atoms with van der Waals surface area (Å²) in [6, 6.07) is 0. The van der Waals surface area contributed by atoms with E-state index in [1.807, 2.05) is 5.38 Å². The monoisotopic (exact) mass is 208 g/mol. The van der Waals surface area contributed by atoms with Gasteiger partial charge >= 0.3 is 0 Å². The number of nitrogen functional groups attached to an aromatic ring is 1. The molecule has 0 unspecified atom stereocenters. The average molecular weight is 208 g/mol. The first-order valence-electron chi connectivity index (χ1n) is 3.98. The summed E-state index contributed by atoms with van der Waals surface area (Å²) in [5.41, 5.74) is 5.95. The molecule has 0 aliphatic carbocycles. The highest BCUT2D eigenvalue weighted by Gasteiger charge is 2.13. The number of carbonyl (C=O) groups is 1. The number of ketones is 1. The van der Waals surface area contributed by atoms with Gasteiger partial charge < -0.3 is 5.73 Å². The van der Waals surface area contributed by atoms with Crippen LogP contribution in [-0.2, 0) is 6.42 Å². The van der Waals surface area contributed by atoms with Crippen molar-refractivity contribution >= 4 is 22.9 Å². The fourth-order valence-corrected chi connectivity index (χ4v) is 1.71. The number of hydrogen-bond donors (Lipinski definition) is 2. The molecule has 0 saturated carbocycles. The van der Waals surface area contributed by atoms with Crippen LogP contribution in [0.25, 0.3) is 0 Å². The van der Waals surface area contributed by atoms with E-state index in [0.717, 1.165) is 5.01 Å². The minimum Gasteiger partial charge on any atom is -0.383 e. The Hall–Kier alpha value is -1.69. The lowest BCUT2D eigenvalue weighted by Gasteiger charge is -1.94. The molecule has 0 spiro atoms. The summed E-state index contributed by atoms with van der Waals surface area (Å²) >= 11 is 1.45. The lowest BCUT2D eigenvalue weighted by atomic mass is 10.1. The van der Waals surface area contributed by atoms with Gasteiger partial charge in [0.25, 0.3) is 0 Å². The standard InChI is InChI=1S/C8H8N4OS/c9-8-5(4-11-12-8)6(13)3-7-10-1-2-14-7/h1-2,4H,3H2,(H3,9,11,12). The van der Waals surface area contributed by atoms with Gasteiger partial charge in [0.15, 0.2) is 5.78 Å². The second kappa shape index (κ2) is 3.59. The maximum atomic E-state index is 11.6. The number of nitrogens with one attached hydrogen (secondary N) is 1. The summed E-state index contributed by atoms with van der Waals surface area (Å²) in [6.07, 6.45) is 3.39. The van der Waals surface area contributed by atoms with Crippen molar-refractivity contribution in [3.63, 3.8) is 0 Å². The molecule has 3 N–H and O–H groups in total. The molecular weight excluding hydrogens is 200 g/mol. The van der Waals surface area contributed by atoms with Gasteiger partial charge in [0.2, 0.25) is 0 Å². The zero-order valence-electron chi connectivity index (χ0n) is 7.23. The zero-order valence-corrected chi connectivity index (χ0v) is 8.04. The van der Waals surface area contributed by atoms with E-state index in [1.165, 1.54) is 17.5 Å². The molecule has 0 atom stereocenters. The van der Waals surface area contributed by atoms with Crippen molar-refractivity contribution in [2.45, 2.75) is 6.42 Å². The summed E-state index contributed by atoms with van der Waals surface area (Å²) in [4.78, 5) is 15.6. The number of thiazole rings is 1. The first-order chi connectivity index (χ1) is 6.77. The van der Waals surface area contributed by atoms with Gasteiger partial charge in [-0.2, -0.15) is 5.10 Å². The van der Waals surface area contributed by atoms with Crippen molar-refractivity contribution in [3.8, 4) is 0 Å². The van der Waals surface area contributed by atoms with Crippen molar-refractivity contribution in [1.82, 2.24) is 15.2 Å². The molecule has 0 fully saturated rings. The number of H-pyrrole nitrogens is 1. The third kappa shape index (κ3) is 1.64. The highest BCUT2D eigenvalue weighted by atomic mass is 32.1. The van der Waals surface area contributed by atoms with Gasteiger partial charge in [-0.25, -0.2) is 4.98 Å². The number of rotatable bonds is 3. The third-order valence-corrected chi connectivity index (χ3v) is 2.54. The Labute approximate surface area is 84.0 Å². The molecule has 14 heavy (non-hydrogen) atoms. The predicted molar refractivity (Wildman–Crippen MR) is 53.1 cm³/mol. The van der Waals surface area contributed by atoms with Crippen molar-refractivity contribution < 1.29 is 4.79 Å². The first-order valence-corrected chi connectivity index (χ1v) is 4.86. The molecule has 0 radical (unpaired) electrons. The van der Waals surface area contributed by atoms with Crippen LogP contribution in [0.4, 0.5) is 5.82 Å². The first kappa shape index (κ1) is 8.89. The number of Topliss-reactive ketones (excluding diaryl/α,β-unsaturated/α-hetero) is 1. The smallest absolute Gasteiger partial charge is 0.174 e. The largest absolute Gasteiger partial charge is 0.383 e. The number of aromatic amines is 1. The number of nitrogens with zero attached hydrogens (tertiary/aromatic N) is 2. The van der Waals surface area contributed by atoms with E-state index in [1.54, 1.807) is 6.20 Å². The Morgan fingerprint density at radius 3 is 3.07 bits per heavy atom. The summed E-state index contributed by atoms with van der Waals surface area (Å²) < 4.78 is 0. The van der Waals surface area contributed by atoms with E-state index in [4.69, 9.17) is 5.73 Å². The van der Waals surface area contributed by atoms with Crippen LogP contribution in [0, 0.1) is 0 Å². The fraction of sp³-hybridized carbons (Fsp3) is 0.125. The SMILES string of the molecule is Nc1[nH]ncc1C(=O)Cc1nccs1. The van der Waals surface area contributed by atoms with E-state index >= 15 is 0 Å². The topological polar surface area (TPSA) is 84.7 Å². The Morgan fingerprint density at radius 1 is 1.64 bits per heavy atom. The lowest BCUT2D eigenvalue weighted by molar-refractivity contribution is 0.0994. The van der Waals surface area contributed by atoms with E-state index in [9.17, 15) is 4.79 Å². The van der Waals surface area contributed by atoms with Crippen LogP contribution in [-0.4, -0.2) is 21.0 Å². The molecule has 0 bridgehead atoms. The van der Waals surface area contributed by atoms with Crippen LogP contribution in [0.1, 0.15) is 15.4 Å². The van der Waals surface area contributed by atoms with Crippen LogP contribution < -0.4 is 5.73 Å². The Bertz CT molecular complexity index is 434. The molecular formula is C8H8N4OS. The van der Waals surface area contributed by atoms with Gasteiger partial charge in [-0.15, -0.1) is 11.3 Å². The van der Waals surface area contributed by atoms with Crippen LogP contribution >= 0.6 is 11.3 Å². The molecule has 2 heterocycles. The Balaban J connectivity index is 2.14. The van der Waals surface area contributed by atoms with Gasteiger partial charge in [0.1, 0.15) is 10.8 Å². The molecule has 72 valence electrons. The number of hydrogen-bond acceptors (Lipinski definition) is 5. The van der Waals surface area contributed by atoms with Gasteiger partial charge in [-0.05, 0) is 0 Å². The summed E-state index contributed by atoms with van der Waals surface area (Å²) in [5, 5.41) is 8.83. The molecule has 0 saturated heterocycles. The average Bonchev–Trinajstić information content (AvgIpc) is 2.75.